The van der Waals surface area contributed by atoms with Crippen LogP contribution >= 0.6 is 23.2 Å². The minimum Gasteiger partial charge on any atom is -0.493 e. The highest BCUT2D eigenvalue weighted by atomic mass is 35.5. The molecular weight excluding hydrogens is 361 g/mol. The number of aliphatic hydroxyl groups is 1. The number of nitrogens with two attached hydrogens (primary N) is 1. The Balaban J connectivity index is 2.15. The third kappa shape index (κ3) is 5.51. The molecule has 0 radical (unpaired) electrons. The lowest BCUT2D eigenvalue weighted by Gasteiger charge is -2.20. The molecule has 6 heteroatoms. The molecule has 0 atom stereocenters. The first kappa shape index (κ1) is 19.9. The first-order chi connectivity index (χ1) is 11.9. The van der Waals surface area contributed by atoms with Gasteiger partial charge in [0.25, 0.3) is 0 Å². The lowest BCUT2D eigenvalue weighted by molar-refractivity contribution is -0.736. The number of hydrogen-bond acceptors (Lipinski definition) is 3. The van der Waals surface area contributed by atoms with Crippen molar-refractivity contribution in [2.45, 2.75) is 32.5 Å². The van der Waals surface area contributed by atoms with E-state index in [-0.39, 0.29) is 12.1 Å². The number of aliphatic hydroxyl groups excluding tert-OH is 1. The summed E-state index contributed by atoms with van der Waals surface area (Å²) in [6.07, 6.45) is 0. The highest BCUT2D eigenvalue weighted by Gasteiger charge is 2.20. The van der Waals surface area contributed by atoms with Crippen LogP contribution in [0.4, 0.5) is 0 Å². The van der Waals surface area contributed by atoms with Gasteiger partial charge in [-0.05, 0) is 32.0 Å². The summed E-state index contributed by atoms with van der Waals surface area (Å²) in [5.74, 6) is 1.07. The molecule has 136 valence electrons. The van der Waals surface area contributed by atoms with Crippen LogP contribution in [0.15, 0.2) is 36.4 Å². The van der Waals surface area contributed by atoms with E-state index < -0.39 is 0 Å². The Morgan fingerprint density at radius 3 is 2.48 bits per heavy atom. The molecule has 0 fully saturated rings. The summed E-state index contributed by atoms with van der Waals surface area (Å²) in [4.78, 5) is 0. The fraction of sp³-hybridized carbons (Fsp3) is 0.368. The zero-order valence-corrected chi connectivity index (χ0v) is 16.2. The predicted octanol–water partition coefficient (Wildman–Crippen LogP) is 3.42. The van der Waals surface area contributed by atoms with Crippen molar-refractivity contribution in [2.24, 2.45) is 0 Å². The summed E-state index contributed by atoms with van der Waals surface area (Å²) < 4.78 is 11.3. The minimum absolute atomic E-state index is 0.0941. The van der Waals surface area contributed by atoms with Gasteiger partial charge in [-0.3, -0.25) is 0 Å². The molecule has 2 aromatic rings. The predicted molar refractivity (Wildman–Crippen MR) is 101 cm³/mol. The van der Waals surface area contributed by atoms with E-state index in [2.05, 4.69) is 5.32 Å². The summed E-state index contributed by atoms with van der Waals surface area (Å²) in [6, 6.07) is 11.3. The number of rotatable bonds is 8. The van der Waals surface area contributed by atoms with Crippen LogP contribution in [0.25, 0.3) is 0 Å². The van der Waals surface area contributed by atoms with Gasteiger partial charge in [0.05, 0.1) is 18.7 Å². The molecule has 2 aromatic carbocycles. The van der Waals surface area contributed by atoms with Crippen molar-refractivity contribution in [3.05, 3.63) is 57.6 Å². The highest BCUT2D eigenvalue weighted by molar-refractivity contribution is 6.32. The van der Waals surface area contributed by atoms with E-state index in [0.717, 1.165) is 11.1 Å². The van der Waals surface area contributed by atoms with Crippen LogP contribution < -0.4 is 14.8 Å². The number of methoxy groups -OCH3 is 1. The van der Waals surface area contributed by atoms with Gasteiger partial charge in [-0.1, -0.05) is 41.4 Å². The third-order valence-electron chi connectivity index (χ3n) is 3.92. The smallest absolute Gasteiger partial charge is 0.180 e. The average Bonchev–Trinajstić information content (AvgIpc) is 2.60. The van der Waals surface area contributed by atoms with Crippen LogP contribution in [0.2, 0.25) is 10.0 Å². The quantitative estimate of drug-likeness (QED) is 0.732. The minimum atomic E-state index is -0.251. The van der Waals surface area contributed by atoms with Crippen LogP contribution in [0.1, 0.15) is 25.0 Å². The molecule has 4 nitrogen and oxygen atoms in total. The summed E-state index contributed by atoms with van der Waals surface area (Å²) in [5, 5.41) is 12.5. The van der Waals surface area contributed by atoms with Gasteiger partial charge in [0.2, 0.25) is 0 Å². The summed E-state index contributed by atoms with van der Waals surface area (Å²) in [7, 11) is 1.58. The Morgan fingerprint density at radius 2 is 1.84 bits per heavy atom. The monoisotopic (exact) mass is 384 g/mol. The number of halogens is 2. The second-order valence-electron chi connectivity index (χ2n) is 6.54. The van der Waals surface area contributed by atoms with Gasteiger partial charge < -0.3 is 19.9 Å². The molecule has 3 N–H and O–H groups in total. The normalized spacial score (nSPS) is 11.4. The van der Waals surface area contributed by atoms with E-state index in [1.54, 1.807) is 7.11 Å². The molecule has 0 saturated heterocycles. The van der Waals surface area contributed by atoms with Gasteiger partial charge in [0, 0.05) is 16.1 Å². The summed E-state index contributed by atoms with van der Waals surface area (Å²) in [6.45, 7) is 5.03. The zero-order chi connectivity index (χ0) is 18.4. The van der Waals surface area contributed by atoms with Gasteiger partial charge in [-0.15, -0.1) is 0 Å². The van der Waals surface area contributed by atoms with Gasteiger partial charge in [0.1, 0.15) is 18.7 Å². The molecule has 0 aliphatic heterocycles. The van der Waals surface area contributed by atoms with Crippen molar-refractivity contribution in [2.75, 3.05) is 13.7 Å². The fourth-order valence-electron chi connectivity index (χ4n) is 2.26. The highest BCUT2D eigenvalue weighted by Crippen LogP contribution is 2.37. The molecular formula is C19H24Cl2NO3+. The van der Waals surface area contributed by atoms with E-state index >= 15 is 0 Å². The SMILES string of the molecule is COc1cc(C[NH2+]C(C)(C)CO)cc(Cl)c1OCc1ccccc1Cl. The Kier molecular flexibility index (Phi) is 6.96. The molecule has 25 heavy (non-hydrogen) atoms. The average molecular weight is 385 g/mol. The van der Waals surface area contributed by atoms with Crippen LogP contribution in [-0.4, -0.2) is 24.4 Å². The molecule has 0 amide bonds. The molecule has 0 bridgehead atoms. The summed E-state index contributed by atoms with van der Waals surface area (Å²) >= 11 is 12.6. The standard InChI is InChI=1S/C19H23Cl2NO3/c1-19(2,12-23)22-10-13-8-16(21)18(17(9-13)24-3)25-11-14-6-4-5-7-15(14)20/h4-9,22-23H,10-12H2,1-3H3/p+1. The zero-order valence-electron chi connectivity index (χ0n) is 14.7. The van der Waals surface area contributed by atoms with E-state index in [9.17, 15) is 5.11 Å². The van der Waals surface area contributed by atoms with Crippen molar-refractivity contribution < 1.29 is 19.9 Å². The Hall–Kier alpha value is -1.46. The van der Waals surface area contributed by atoms with Crippen LogP contribution in [0, 0.1) is 0 Å². The second-order valence-corrected chi connectivity index (χ2v) is 7.36. The first-order valence-electron chi connectivity index (χ1n) is 8.04. The fourth-order valence-corrected chi connectivity index (χ4v) is 2.73. The molecule has 0 aliphatic rings. The molecule has 0 heterocycles. The number of quaternary nitrogens is 1. The van der Waals surface area contributed by atoms with Crippen molar-refractivity contribution >= 4 is 23.2 Å². The maximum Gasteiger partial charge on any atom is 0.180 e. The number of benzene rings is 2. The van der Waals surface area contributed by atoms with Crippen molar-refractivity contribution in [3.63, 3.8) is 0 Å². The van der Waals surface area contributed by atoms with Crippen molar-refractivity contribution in [1.82, 2.24) is 0 Å². The lowest BCUT2D eigenvalue weighted by atomic mass is 10.1. The molecule has 2 rings (SSSR count). The van der Waals surface area contributed by atoms with E-state index in [1.165, 1.54) is 0 Å². The molecule has 0 unspecified atom stereocenters. The maximum atomic E-state index is 9.36. The Bertz CT molecular complexity index is 720. The van der Waals surface area contributed by atoms with Crippen LogP contribution in [0.3, 0.4) is 0 Å². The lowest BCUT2D eigenvalue weighted by Crippen LogP contribution is -2.95. The molecule has 0 aliphatic carbocycles. The molecule has 0 saturated carbocycles. The van der Waals surface area contributed by atoms with Crippen LogP contribution in [-0.2, 0) is 13.2 Å². The van der Waals surface area contributed by atoms with Gasteiger partial charge in [-0.2, -0.15) is 0 Å². The number of ether oxygens (including phenoxy) is 2. The Labute approximate surface area is 158 Å². The maximum absolute atomic E-state index is 9.36. The topological polar surface area (TPSA) is 55.3 Å². The van der Waals surface area contributed by atoms with Gasteiger partial charge >= 0.3 is 0 Å². The largest absolute Gasteiger partial charge is 0.493 e. The van der Waals surface area contributed by atoms with Crippen LogP contribution in [0.5, 0.6) is 11.5 Å². The first-order valence-corrected chi connectivity index (χ1v) is 8.79. The number of hydrogen-bond donors (Lipinski definition) is 2. The second kappa shape index (κ2) is 8.77. The van der Waals surface area contributed by atoms with Crippen molar-refractivity contribution in [3.8, 4) is 11.5 Å². The Morgan fingerprint density at radius 1 is 1.12 bits per heavy atom. The van der Waals surface area contributed by atoms with Gasteiger partial charge in [0.15, 0.2) is 11.5 Å². The molecule has 0 spiro atoms. The van der Waals surface area contributed by atoms with Gasteiger partial charge in [-0.25, -0.2) is 0 Å². The molecule has 0 aromatic heterocycles. The summed E-state index contributed by atoms with van der Waals surface area (Å²) in [5.41, 5.74) is 1.62. The van der Waals surface area contributed by atoms with E-state index in [4.69, 9.17) is 32.7 Å². The van der Waals surface area contributed by atoms with E-state index in [1.807, 2.05) is 50.2 Å². The van der Waals surface area contributed by atoms with E-state index in [0.29, 0.717) is 34.7 Å². The van der Waals surface area contributed by atoms with Crippen molar-refractivity contribution in [1.29, 1.82) is 0 Å². The third-order valence-corrected chi connectivity index (χ3v) is 4.57.